The molecule has 2 amide bonds. The molecule has 2 aliphatic heterocycles. The molecule has 2 aromatic carbocycles. The molecule has 0 aliphatic carbocycles. The zero-order valence-electron chi connectivity index (χ0n) is 16.4. The Morgan fingerprint density at radius 2 is 1.86 bits per heavy atom. The Labute approximate surface area is 174 Å². The number of nitrogens with zero attached hydrogens (tertiary/aromatic N) is 3. The quantitative estimate of drug-likeness (QED) is 0.615. The number of imide groups is 1. The molecular weight excluding hydrogens is 382 g/mol. The molecule has 2 aliphatic rings. The van der Waals surface area contributed by atoms with Gasteiger partial charge in [-0.2, -0.15) is 0 Å². The van der Waals surface area contributed by atoms with Gasteiger partial charge in [-0.3, -0.25) is 14.5 Å². The standard InChI is InChI=1S/C23H23N3O2S/c1-15-7-2-4-10-18(15)26-21(27)13-19(23(26)28)25-12-6-8-16(14-25)22-24-17-9-3-5-11-20(17)29-22/h2-5,7,9-11,16,19H,6,8,12-14H2,1H3/t16-,19+/m0/s1. The number of hydrogen-bond donors (Lipinski definition) is 0. The average Bonchev–Trinajstić information content (AvgIpc) is 3.30. The number of para-hydroxylation sites is 2. The smallest absolute Gasteiger partial charge is 0.251 e. The van der Waals surface area contributed by atoms with Gasteiger partial charge in [0, 0.05) is 12.5 Å². The van der Waals surface area contributed by atoms with Gasteiger partial charge in [-0.05, 0) is 50.1 Å². The van der Waals surface area contributed by atoms with E-state index in [0.717, 1.165) is 42.0 Å². The number of benzene rings is 2. The van der Waals surface area contributed by atoms with Crippen molar-refractivity contribution in [1.29, 1.82) is 0 Å². The van der Waals surface area contributed by atoms with E-state index < -0.39 is 0 Å². The minimum absolute atomic E-state index is 0.0887. The van der Waals surface area contributed by atoms with E-state index in [1.807, 2.05) is 43.3 Å². The highest BCUT2D eigenvalue weighted by Crippen LogP contribution is 2.35. The monoisotopic (exact) mass is 405 g/mol. The first-order chi connectivity index (χ1) is 14.1. The van der Waals surface area contributed by atoms with Crippen molar-refractivity contribution in [2.75, 3.05) is 18.0 Å². The van der Waals surface area contributed by atoms with Crippen molar-refractivity contribution in [3.63, 3.8) is 0 Å². The predicted octanol–water partition coefficient (Wildman–Crippen LogP) is 4.12. The minimum Gasteiger partial charge on any atom is -0.291 e. The van der Waals surface area contributed by atoms with Crippen molar-refractivity contribution in [1.82, 2.24) is 9.88 Å². The zero-order chi connectivity index (χ0) is 20.0. The molecule has 0 spiro atoms. The first-order valence-electron chi connectivity index (χ1n) is 10.1. The highest BCUT2D eigenvalue weighted by Gasteiger charge is 2.44. The zero-order valence-corrected chi connectivity index (χ0v) is 17.2. The molecule has 6 heteroatoms. The van der Waals surface area contributed by atoms with Crippen LogP contribution in [-0.2, 0) is 9.59 Å². The highest BCUT2D eigenvalue weighted by atomic mass is 32.1. The molecule has 0 radical (unpaired) electrons. The molecule has 3 heterocycles. The number of aryl methyl sites for hydroxylation is 1. The van der Waals surface area contributed by atoms with Crippen LogP contribution in [0.4, 0.5) is 5.69 Å². The molecule has 2 atom stereocenters. The summed E-state index contributed by atoms with van der Waals surface area (Å²) in [7, 11) is 0. The van der Waals surface area contributed by atoms with E-state index in [-0.39, 0.29) is 24.3 Å². The molecular formula is C23H23N3O2S. The van der Waals surface area contributed by atoms with Crippen LogP contribution in [0.1, 0.15) is 35.8 Å². The van der Waals surface area contributed by atoms with Crippen molar-refractivity contribution < 1.29 is 9.59 Å². The SMILES string of the molecule is Cc1ccccc1N1C(=O)C[C@@H](N2CCC[C@H](c3nc4ccccc4s3)C2)C1=O. The van der Waals surface area contributed by atoms with Gasteiger partial charge in [-0.15, -0.1) is 11.3 Å². The van der Waals surface area contributed by atoms with Crippen molar-refractivity contribution in [2.24, 2.45) is 0 Å². The topological polar surface area (TPSA) is 53.5 Å². The number of likely N-dealkylation sites (tertiary alicyclic amines) is 1. The van der Waals surface area contributed by atoms with Crippen LogP contribution >= 0.6 is 11.3 Å². The van der Waals surface area contributed by atoms with Crippen LogP contribution in [-0.4, -0.2) is 40.8 Å². The fourth-order valence-corrected chi connectivity index (χ4v) is 5.62. The Hall–Kier alpha value is -2.57. The van der Waals surface area contributed by atoms with Gasteiger partial charge in [0.1, 0.15) is 0 Å². The fraction of sp³-hybridized carbons (Fsp3) is 0.348. The number of piperidine rings is 1. The molecule has 3 aromatic rings. The number of carbonyl (C=O) groups is 2. The van der Waals surface area contributed by atoms with E-state index in [4.69, 9.17) is 4.98 Å². The average molecular weight is 406 g/mol. The summed E-state index contributed by atoms with van der Waals surface area (Å²) in [4.78, 5) is 34.4. The number of aromatic nitrogens is 1. The Bertz CT molecular complexity index is 1060. The first-order valence-corrected chi connectivity index (χ1v) is 11.0. The summed E-state index contributed by atoms with van der Waals surface area (Å²) in [5.74, 6) is 0.127. The third-order valence-corrected chi connectivity index (χ3v) is 7.23. The first kappa shape index (κ1) is 18.5. The van der Waals surface area contributed by atoms with Crippen molar-refractivity contribution in [3.8, 4) is 0 Å². The Balaban J connectivity index is 1.37. The second-order valence-electron chi connectivity index (χ2n) is 7.93. The lowest BCUT2D eigenvalue weighted by Crippen LogP contribution is -2.46. The number of thiazole rings is 1. The van der Waals surface area contributed by atoms with Gasteiger partial charge in [0.2, 0.25) is 5.91 Å². The normalized spacial score (nSPS) is 23.3. The third kappa shape index (κ3) is 3.26. The number of anilines is 1. The maximum absolute atomic E-state index is 13.2. The largest absolute Gasteiger partial charge is 0.291 e. The van der Waals surface area contributed by atoms with Crippen LogP contribution < -0.4 is 4.90 Å². The van der Waals surface area contributed by atoms with Crippen molar-refractivity contribution in [2.45, 2.75) is 38.1 Å². The second-order valence-corrected chi connectivity index (χ2v) is 8.99. The van der Waals surface area contributed by atoms with Crippen LogP contribution in [0.15, 0.2) is 48.5 Å². The molecule has 5 nitrogen and oxygen atoms in total. The second kappa shape index (κ2) is 7.35. The minimum atomic E-state index is -0.362. The molecule has 2 fully saturated rings. The lowest BCUT2D eigenvalue weighted by molar-refractivity contribution is -0.123. The fourth-order valence-electron chi connectivity index (χ4n) is 4.52. The van der Waals surface area contributed by atoms with Crippen LogP contribution in [0.2, 0.25) is 0 Å². The number of carbonyl (C=O) groups excluding carboxylic acids is 2. The van der Waals surface area contributed by atoms with Crippen LogP contribution in [0.5, 0.6) is 0 Å². The molecule has 2 saturated heterocycles. The van der Waals surface area contributed by atoms with Gasteiger partial charge in [0.15, 0.2) is 0 Å². The molecule has 0 bridgehead atoms. The number of rotatable bonds is 3. The summed E-state index contributed by atoms with van der Waals surface area (Å²) in [6, 6.07) is 15.4. The molecule has 0 saturated carbocycles. The summed E-state index contributed by atoms with van der Waals surface area (Å²) in [5.41, 5.74) is 2.70. The van der Waals surface area contributed by atoms with E-state index in [1.165, 1.54) is 9.60 Å². The van der Waals surface area contributed by atoms with Crippen molar-refractivity contribution in [3.05, 3.63) is 59.1 Å². The van der Waals surface area contributed by atoms with E-state index in [2.05, 4.69) is 17.0 Å². The predicted molar refractivity (Wildman–Crippen MR) is 115 cm³/mol. The molecule has 5 rings (SSSR count). The summed E-state index contributed by atoms with van der Waals surface area (Å²) >= 11 is 1.75. The van der Waals surface area contributed by atoms with E-state index in [0.29, 0.717) is 11.6 Å². The van der Waals surface area contributed by atoms with Gasteiger partial charge in [-0.25, -0.2) is 9.88 Å². The molecule has 0 unspecified atom stereocenters. The summed E-state index contributed by atoms with van der Waals surface area (Å²) < 4.78 is 1.21. The van der Waals surface area contributed by atoms with Crippen LogP contribution in [0.3, 0.4) is 0 Å². The summed E-state index contributed by atoms with van der Waals surface area (Å²) in [5, 5.41) is 1.14. The molecule has 148 valence electrons. The molecule has 1 aromatic heterocycles. The van der Waals surface area contributed by atoms with Gasteiger partial charge in [0.05, 0.1) is 33.4 Å². The Morgan fingerprint density at radius 1 is 1.07 bits per heavy atom. The number of fused-ring (bicyclic) bond motifs is 1. The summed E-state index contributed by atoms with van der Waals surface area (Å²) in [6.07, 6.45) is 2.36. The van der Waals surface area contributed by atoms with Gasteiger partial charge in [0.25, 0.3) is 5.91 Å². The Morgan fingerprint density at radius 3 is 2.69 bits per heavy atom. The van der Waals surface area contributed by atoms with Gasteiger partial charge < -0.3 is 0 Å². The maximum Gasteiger partial charge on any atom is 0.251 e. The highest BCUT2D eigenvalue weighted by molar-refractivity contribution is 7.18. The van der Waals surface area contributed by atoms with E-state index in [1.54, 1.807) is 11.3 Å². The van der Waals surface area contributed by atoms with Crippen molar-refractivity contribution >= 4 is 39.1 Å². The van der Waals surface area contributed by atoms with Crippen LogP contribution in [0, 0.1) is 6.92 Å². The number of hydrogen-bond acceptors (Lipinski definition) is 5. The van der Waals surface area contributed by atoms with E-state index in [9.17, 15) is 9.59 Å². The van der Waals surface area contributed by atoms with Gasteiger partial charge >= 0.3 is 0 Å². The third-order valence-electron chi connectivity index (χ3n) is 6.03. The molecule has 0 N–H and O–H groups in total. The van der Waals surface area contributed by atoms with Crippen LogP contribution in [0.25, 0.3) is 10.2 Å². The Kier molecular flexibility index (Phi) is 4.68. The number of amides is 2. The van der Waals surface area contributed by atoms with E-state index >= 15 is 0 Å². The lowest BCUT2D eigenvalue weighted by atomic mass is 9.97. The maximum atomic E-state index is 13.2. The summed E-state index contributed by atoms with van der Waals surface area (Å²) in [6.45, 7) is 3.57. The molecule has 29 heavy (non-hydrogen) atoms. The van der Waals surface area contributed by atoms with Gasteiger partial charge in [-0.1, -0.05) is 30.3 Å². The lowest BCUT2D eigenvalue weighted by Gasteiger charge is -2.34.